The van der Waals surface area contributed by atoms with Crippen LogP contribution < -0.4 is 9.44 Å². The Morgan fingerprint density at radius 3 is 2.33 bits per heavy atom. The second-order valence-corrected chi connectivity index (χ2v) is 2.44. The minimum atomic E-state index is 1.09. The largest absolute Gasteiger partial charge is 0.310 e. The zero-order valence-electron chi connectivity index (χ0n) is 7.85. The van der Waals surface area contributed by atoms with Gasteiger partial charge in [0.2, 0.25) is 0 Å². The number of hydrogen-bond acceptors (Lipinski definition) is 3. The van der Waals surface area contributed by atoms with Crippen LogP contribution in [0.3, 0.4) is 0 Å². The maximum atomic E-state index is 3.61. The number of rotatable bonds is 1. The van der Waals surface area contributed by atoms with Crippen molar-refractivity contribution < 1.29 is 0 Å². The van der Waals surface area contributed by atoms with E-state index in [-0.39, 0.29) is 0 Å². The van der Waals surface area contributed by atoms with E-state index in [1.807, 2.05) is 32.9 Å². The van der Waals surface area contributed by atoms with Crippen LogP contribution in [0.5, 0.6) is 0 Å². The van der Waals surface area contributed by atoms with Crippen molar-refractivity contribution in [3.63, 3.8) is 0 Å². The van der Waals surface area contributed by atoms with Crippen molar-refractivity contribution in [1.82, 2.24) is 9.44 Å². The van der Waals surface area contributed by atoms with E-state index in [1.54, 1.807) is 6.08 Å². The molecule has 1 aliphatic heterocycles. The molecule has 3 heteroatoms. The molecular formula is C9H16N2S. The van der Waals surface area contributed by atoms with Crippen LogP contribution in [-0.2, 0) is 0 Å². The van der Waals surface area contributed by atoms with Gasteiger partial charge in [0.25, 0.3) is 0 Å². The smallest absolute Gasteiger partial charge is 0.0693 e. The topological polar surface area (TPSA) is 24.1 Å². The normalized spacial score (nSPS) is 20.9. The van der Waals surface area contributed by atoms with E-state index < -0.39 is 0 Å². The molecule has 2 nitrogen and oxygen atoms in total. The van der Waals surface area contributed by atoms with Crippen molar-refractivity contribution in [2.45, 2.75) is 20.8 Å². The second-order valence-electron chi connectivity index (χ2n) is 1.82. The predicted octanol–water partition coefficient (Wildman–Crippen LogP) is 2.74. The Labute approximate surface area is 79.1 Å². The first kappa shape index (κ1) is 11.2. The Bertz CT molecular complexity index is 195. The minimum Gasteiger partial charge on any atom is -0.310 e. The monoisotopic (exact) mass is 184 g/mol. The molecule has 1 aliphatic rings. The molecule has 0 radical (unpaired) electrons. The molecule has 0 saturated carbocycles. The SMILES string of the molecule is C=C/C=C1/NSN/C1=C/C.CC. The Morgan fingerprint density at radius 1 is 1.25 bits per heavy atom. The van der Waals surface area contributed by atoms with Gasteiger partial charge in [-0.05, 0) is 13.0 Å². The highest BCUT2D eigenvalue weighted by atomic mass is 32.2. The molecule has 0 spiro atoms. The van der Waals surface area contributed by atoms with E-state index in [4.69, 9.17) is 0 Å². The summed E-state index contributed by atoms with van der Waals surface area (Å²) in [6, 6.07) is 0. The lowest BCUT2D eigenvalue weighted by Gasteiger charge is -1.93. The van der Waals surface area contributed by atoms with Crippen molar-refractivity contribution in [3.05, 3.63) is 36.2 Å². The van der Waals surface area contributed by atoms with Crippen LogP contribution in [0.1, 0.15) is 20.8 Å². The summed E-state index contributed by atoms with van der Waals surface area (Å²) < 4.78 is 6.18. The minimum absolute atomic E-state index is 1.09. The van der Waals surface area contributed by atoms with Crippen LogP contribution in [0.4, 0.5) is 0 Å². The lowest BCUT2D eigenvalue weighted by atomic mass is 10.3. The first-order valence-corrected chi connectivity index (χ1v) is 4.87. The summed E-state index contributed by atoms with van der Waals surface area (Å²) >= 11 is 1.47. The Morgan fingerprint density at radius 2 is 1.83 bits per heavy atom. The van der Waals surface area contributed by atoms with Gasteiger partial charge in [0, 0.05) is 0 Å². The van der Waals surface area contributed by atoms with Gasteiger partial charge in [-0.3, -0.25) is 0 Å². The van der Waals surface area contributed by atoms with Crippen molar-refractivity contribution in [3.8, 4) is 0 Å². The molecule has 0 aliphatic carbocycles. The lowest BCUT2D eigenvalue weighted by Crippen LogP contribution is -1.96. The maximum Gasteiger partial charge on any atom is 0.0693 e. The van der Waals surface area contributed by atoms with Crippen molar-refractivity contribution >= 4 is 12.1 Å². The molecule has 2 N–H and O–H groups in total. The Balaban J connectivity index is 0.000000561. The fourth-order valence-corrected chi connectivity index (χ4v) is 1.38. The lowest BCUT2D eigenvalue weighted by molar-refractivity contribution is 1.20. The molecule has 1 heterocycles. The number of nitrogens with one attached hydrogen (secondary N) is 2. The molecule has 1 rings (SSSR count). The first-order valence-electron chi connectivity index (χ1n) is 4.05. The fourth-order valence-electron chi connectivity index (χ4n) is 0.702. The number of allylic oxidation sites excluding steroid dienone is 3. The van der Waals surface area contributed by atoms with E-state index in [2.05, 4.69) is 16.0 Å². The molecule has 0 aromatic carbocycles. The molecule has 0 aromatic heterocycles. The van der Waals surface area contributed by atoms with Crippen LogP contribution in [0.25, 0.3) is 0 Å². The summed E-state index contributed by atoms with van der Waals surface area (Å²) in [5.74, 6) is 0. The van der Waals surface area contributed by atoms with E-state index in [0.29, 0.717) is 0 Å². The van der Waals surface area contributed by atoms with E-state index >= 15 is 0 Å². The molecule has 0 aromatic rings. The third kappa shape index (κ3) is 3.05. The van der Waals surface area contributed by atoms with E-state index in [0.717, 1.165) is 11.4 Å². The van der Waals surface area contributed by atoms with Crippen molar-refractivity contribution in [2.75, 3.05) is 0 Å². The predicted molar refractivity (Wildman–Crippen MR) is 57.2 cm³/mol. The van der Waals surface area contributed by atoms with Gasteiger partial charge in [-0.1, -0.05) is 32.6 Å². The van der Waals surface area contributed by atoms with Gasteiger partial charge in [-0.25, -0.2) is 0 Å². The standard InChI is InChI=1S/C7H10N2S.C2H6/c1-3-5-7-6(4-2)8-10-9-7;1-2/h3-5,8-9H,1H2,2H3;1-2H3/b6-4+,7-5+;. The first-order chi connectivity index (χ1) is 5.88. The Hall–Kier alpha value is -0.830. The highest BCUT2D eigenvalue weighted by Crippen LogP contribution is 2.16. The van der Waals surface area contributed by atoms with Gasteiger partial charge in [-0.15, -0.1) is 0 Å². The van der Waals surface area contributed by atoms with Crippen molar-refractivity contribution in [2.24, 2.45) is 0 Å². The van der Waals surface area contributed by atoms with Gasteiger partial charge in [0.05, 0.1) is 23.5 Å². The molecule has 1 fully saturated rings. The molecule has 0 bridgehead atoms. The van der Waals surface area contributed by atoms with Crippen LogP contribution in [0, 0.1) is 0 Å². The summed E-state index contributed by atoms with van der Waals surface area (Å²) in [5, 5.41) is 0. The third-order valence-corrected chi connectivity index (χ3v) is 1.83. The summed E-state index contributed by atoms with van der Waals surface area (Å²) in [5.41, 5.74) is 2.20. The number of hydrogen-bond donors (Lipinski definition) is 2. The van der Waals surface area contributed by atoms with Crippen LogP contribution in [-0.4, -0.2) is 0 Å². The highest BCUT2D eigenvalue weighted by Gasteiger charge is 2.09. The van der Waals surface area contributed by atoms with Gasteiger partial charge in [-0.2, -0.15) is 0 Å². The van der Waals surface area contributed by atoms with Gasteiger partial charge < -0.3 is 9.44 Å². The summed E-state index contributed by atoms with van der Waals surface area (Å²) in [6.45, 7) is 9.61. The van der Waals surface area contributed by atoms with Gasteiger partial charge in [0.1, 0.15) is 0 Å². The molecule has 68 valence electrons. The van der Waals surface area contributed by atoms with Crippen LogP contribution in [0.15, 0.2) is 36.2 Å². The summed E-state index contributed by atoms with van der Waals surface area (Å²) in [4.78, 5) is 0. The van der Waals surface area contributed by atoms with Crippen molar-refractivity contribution in [1.29, 1.82) is 0 Å². The fraction of sp³-hybridized carbons (Fsp3) is 0.333. The molecule has 1 saturated heterocycles. The summed E-state index contributed by atoms with van der Waals surface area (Å²) in [7, 11) is 0. The molecule has 0 atom stereocenters. The Kier molecular flexibility index (Phi) is 6.38. The van der Waals surface area contributed by atoms with Gasteiger partial charge in [0.15, 0.2) is 0 Å². The average Bonchev–Trinajstić information content (AvgIpc) is 2.56. The third-order valence-electron chi connectivity index (χ3n) is 1.19. The maximum absolute atomic E-state index is 3.61. The molecular weight excluding hydrogens is 168 g/mol. The van der Waals surface area contributed by atoms with Crippen LogP contribution >= 0.6 is 12.1 Å². The molecule has 0 unspecified atom stereocenters. The van der Waals surface area contributed by atoms with E-state index in [1.165, 1.54) is 12.1 Å². The average molecular weight is 184 g/mol. The zero-order chi connectivity index (χ0) is 9.40. The highest BCUT2D eigenvalue weighted by molar-refractivity contribution is 7.96. The summed E-state index contributed by atoms with van der Waals surface area (Å²) in [6.07, 6.45) is 5.71. The molecule has 12 heavy (non-hydrogen) atoms. The van der Waals surface area contributed by atoms with Gasteiger partial charge >= 0.3 is 0 Å². The second kappa shape index (κ2) is 6.85. The van der Waals surface area contributed by atoms with Crippen LogP contribution in [0.2, 0.25) is 0 Å². The zero-order valence-corrected chi connectivity index (χ0v) is 8.66. The molecule has 0 amide bonds. The van der Waals surface area contributed by atoms with E-state index in [9.17, 15) is 0 Å². The quantitative estimate of drug-likeness (QED) is 0.613.